The van der Waals surface area contributed by atoms with E-state index in [0.29, 0.717) is 43.1 Å². The fraction of sp³-hybridized carbons (Fsp3) is 0.704. The van der Waals surface area contributed by atoms with Crippen LogP contribution in [0.25, 0.3) is 5.57 Å². The number of nitrogens with zero attached hydrogens (tertiary/aromatic N) is 2. The number of hydrogen-bond donors (Lipinski definition) is 1. The molecule has 3 aliphatic rings. The van der Waals surface area contributed by atoms with Crippen LogP contribution in [0.4, 0.5) is 13.2 Å². The summed E-state index contributed by atoms with van der Waals surface area (Å²) < 4.78 is 44.9. The first kappa shape index (κ1) is 26.1. The molecule has 35 heavy (non-hydrogen) atoms. The monoisotopic (exact) mass is 493 g/mol. The average Bonchev–Trinajstić information content (AvgIpc) is 3.29. The lowest BCUT2D eigenvalue weighted by molar-refractivity contribution is -0.144. The van der Waals surface area contributed by atoms with Crippen molar-refractivity contribution < 1.29 is 22.7 Å². The number of hydrogen-bond acceptors (Lipinski definition) is 4. The van der Waals surface area contributed by atoms with Crippen molar-refractivity contribution in [2.45, 2.75) is 77.6 Å². The number of carbonyl (C=O) groups is 1. The normalized spacial score (nSPS) is 30.0. The molecular weight excluding hydrogens is 455 g/mol. The van der Waals surface area contributed by atoms with Gasteiger partial charge in [-0.3, -0.25) is 9.78 Å². The van der Waals surface area contributed by atoms with Crippen LogP contribution in [-0.4, -0.2) is 54.2 Å². The number of carbonyl (C=O) groups excluding carboxylic acids is 1. The quantitative estimate of drug-likeness (QED) is 0.583. The number of halogens is 3. The van der Waals surface area contributed by atoms with Crippen molar-refractivity contribution in [2.75, 3.05) is 26.3 Å². The van der Waals surface area contributed by atoms with Gasteiger partial charge >= 0.3 is 6.18 Å². The molecule has 4 rings (SSSR count). The SMILES string of the molecule is CCC1COCCC1NC1CC[C@@](C(=O)N2CC=C(c3cncc(C(F)(F)F)c3)CC2)(C(C)C)C1. The number of rotatable bonds is 6. The second-order valence-corrected chi connectivity index (χ2v) is 10.7. The number of alkyl halides is 3. The summed E-state index contributed by atoms with van der Waals surface area (Å²) in [5, 5.41) is 3.87. The van der Waals surface area contributed by atoms with Gasteiger partial charge < -0.3 is 15.0 Å². The molecule has 5 nitrogen and oxygen atoms in total. The molecule has 194 valence electrons. The van der Waals surface area contributed by atoms with E-state index in [1.807, 2.05) is 11.0 Å². The molecule has 1 saturated heterocycles. The molecule has 0 aromatic carbocycles. The van der Waals surface area contributed by atoms with Crippen molar-refractivity contribution in [1.29, 1.82) is 0 Å². The standard InChI is InChI=1S/C27H38F3N3O2/c1-4-19-17-35-12-8-24(19)32-23-5-9-26(14-23,18(2)3)25(34)33-10-6-20(7-11-33)21-13-22(16-31-15-21)27(28,29)30/h6,13,15-16,18-19,23-24,32H,4-5,7-12,14,17H2,1-3H3/t19?,23?,24?,26-/m0/s1. The molecule has 1 aromatic heterocycles. The predicted molar refractivity (Wildman–Crippen MR) is 129 cm³/mol. The molecule has 1 N–H and O–H groups in total. The fourth-order valence-corrected chi connectivity index (χ4v) is 6.11. The molecule has 1 aromatic rings. The van der Waals surface area contributed by atoms with Gasteiger partial charge in [0.05, 0.1) is 17.6 Å². The van der Waals surface area contributed by atoms with Crippen LogP contribution < -0.4 is 5.32 Å². The number of aromatic nitrogens is 1. The van der Waals surface area contributed by atoms with Crippen LogP contribution in [-0.2, 0) is 15.7 Å². The van der Waals surface area contributed by atoms with Crippen LogP contribution in [0.2, 0.25) is 0 Å². The van der Waals surface area contributed by atoms with Gasteiger partial charge in [0, 0.05) is 44.2 Å². The molecule has 2 aliphatic heterocycles. The molecule has 3 unspecified atom stereocenters. The van der Waals surface area contributed by atoms with E-state index in [0.717, 1.165) is 63.2 Å². The molecule has 4 atom stereocenters. The summed E-state index contributed by atoms with van der Waals surface area (Å²) >= 11 is 0. The third-order valence-electron chi connectivity index (χ3n) is 8.46. The Kier molecular flexibility index (Phi) is 7.91. The van der Waals surface area contributed by atoms with Crippen molar-refractivity contribution >= 4 is 11.5 Å². The third kappa shape index (κ3) is 5.58. The van der Waals surface area contributed by atoms with Gasteiger partial charge in [-0.25, -0.2) is 0 Å². The zero-order valence-electron chi connectivity index (χ0n) is 21.0. The molecule has 0 spiro atoms. The highest BCUT2D eigenvalue weighted by Crippen LogP contribution is 2.47. The zero-order valence-corrected chi connectivity index (χ0v) is 21.0. The summed E-state index contributed by atoms with van der Waals surface area (Å²) in [5.74, 6) is 0.925. The Labute approximate surface area is 206 Å². The molecule has 1 aliphatic carbocycles. The molecule has 0 radical (unpaired) electrons. The lowest BCUT2D eigenvalue weighted by Gasteiger charge is -2.39. The van der Waals surface area contributed by atoms with Crippen LogP contribution in [0.5, 0.6) is 0 Å². The molecular formula is C27H38F3N3O2. The maximum atomic E-state index is 13.8. The van der Waals surface area contributed by atoms with E-state index in [1.165, 1.54) is 6.20 Å². The molecule has 8 heteroatoms. The summed E-state index contributed by atoms with van der Waals surface area (Å²) in [7, 11) is 0. The lowest BCUT2D eigenvalue weighted by atomic mass is 9.74. The Balaban J connectivity index is 1.43. The van der Waals surface area contributed by atoms with Gasteiger partial charge in [-0.2, -0.15) is 13.2 Å². The summed E-state index contributed by atoms with van der Waals surface area (Å²) in [5.41, 5.74) is 0.167. The topological polar surface area (TPSA) is 54.5 Å². The van der Waals surface area contributed by atoms with Gasteiger partial charge in [0.15, 0.2) is 0 Å². The van der Waals surface area contributed by atoms with Crippen molar-refractivity contribution in [3.63, 3.8) is 0 Å². The minimum Gasteiger partial charge on any atom is -0.381 e. The Bertz CT molecular complexity index is 932. The second-order valence-electron chi connectivity index (χ2n) is 10.7. The largest absolute Gasteiger partial charge is 0.417 e. The Morgan fingerprint density at radius 3 is 2.77 bits per heavy atom. The molecule has 0 bridgehead atoms. The Morgan fingerprint density at radius 1 is 1.31 bits per heavy atom. The van der Waals surface area contributed by atoms with Gasteiger partial charge in [0.25, 0.3) is 0 Å². The highest BCUT2D eigenvalue weighted by Gasteiger charge is 2.49. The van der Waals surface area contributed by atoms with Crippen LogP contribution in [0.15, 0.2) is 24.5 Å². The highest BCUT2D eigenvalue weighted by molar-refractivity contribution is 5.84. The smallest absolute Gasteiger partial charge is 0.381 e. The average molecular weight is 494 g/mol. The van der Waals surface area contributed by atoms with Gasteiger partial charge in [0.2, 0.25) is 5.91 Å². The fourth-order valence-electron chi connectivity index (χ4n) is 6.11. The number of ether oxygens (including phenoxy) is 1. The molecule has 1 saturated carbocycles. The summed E-state index contributed by atoms with van der Waals surface area (Å²) in [6, 6.07) is 1.92. The maximum Gasteiger partial charge on any atom is 0.417 e. The minimum atomic E-state index is -4.42. The number of pyridine rings is 1. The Hall–Kier alpha value is -1.93. The van der Waals surface area contributed by atoms with Crippen molar-refractivity contribution in [3.8, 4) is 0 Å². The first-order valence-electron chi connectivity index (χ1n) is 13.0. The summed E-state index contributed by atoms with van der Waals surface area (Å²) in [6.45, 7) is 9.03. The Morgan fingerprint density at radius 2 is 2.11 bits per heavy atom. The van der Waals surface area contributed by atoms with E-state index in [1.54, 1.807) is 0 Å². The van der Waals surface area contributed by atoms with Gasteiger partial charge in [-0.15, -0.1) is 0 Å². The minimum absolute atomic E-state index is 0.188. The first-order chi connectivity index (χ1) is 16.6. The molecule has 1 amide bonds. The van der Waals surface area contributed by atoms with Crippen LogP contribution in [0, 0.1) is 17.3 Å². The summed E-state index contributed by atoms with van der Waals surface area (Å²) in [4.78, 5) is 19.5. The van der Waals surface area contributed by atoms with Gasteiger partial charge in [-0.05, 0) is 67.6 Å². The van der Waals surface area contributed by atoms with Gasteiger partial charge in [0.1, 0.15) is 0 Å². The zero-order chi connectivity index (χ0) is 25.2. The van der Waals surface area contributed by atoms with Crippen molar-refractivity contribution in [1.82, 2.24) is 15.2 Å². The third-order valence-corrected chi connectivity index (χ3v) is 8.46. The van der Waals surface area contributed by atoms with E-state index in [9.17, 15) is 18.0 Å². The maximum absolute atomic E-state index is 13.8. The molecule has 3 heterocycles. The van der Waals surface area contributed by atoms with Crippen molar-refractivity contribution in [3.05, 3.63) is 35.7 Å². The van der Waals surface area contributed by atoms with Crippen LogP contribution in [0.3, 0.4) is 0 Å². The first-order valence-corrected chi connectivity index (χ1v) is 13.0. The van der Waals surface area contributed by atoms with Crippen LogP contribution in [0.1, 0.15) is 70.4 Å². The highest BCUT2D eigenvalue weighted by atomic mass is 19.4. The van der Waals surface area contributed by atoms with E-state index < -0.39 is 17.2 Å². The molecule has 2 fully saturated rings. The van der Waals surface area contributed by atoms with E-state index >= 15 is 0 Å². The van der Waals surface area contributed by atoms with Crippen molar-refractivity contribution in [2.24, 2.45) is 17.3 Å². The van der Waals surface area contributed by atoms with E-state index in [2.05, 4.69) is 31.1 Å². The lowest BCUT2D eigenvalue weighted by Crippen LogP contribution is -2.49. The number of amides is 1. The van der Waals surface area contributed by atoms with Crippen LogP contribution >= 0.6 is 0 Å². The predicted octanol–water partition coefficient (Wildman–Crippen LogP) is 5.32. The van der Waals surface area contributed by atoms with E-state index in [-0.39, 0.29) is 11.8 Å². The second kappa shape index (κ2) is 10.6. The van der Waals surface area contributed by atoms with E-state index in [4.69, 9.17) is 4.74 Å². The van der Waals surface area contributed by atoms with Gasteiger partial charge in [-0.1, -0.05) is 26.8 Å². The summed E-state index contributed by atoms with van der Waals surface area (Å²) in [6.07, 6.45) is 5.12. The number of nitrogens with one attached hydrogen (secondary N) is 1.